The molecule has 180 valence electrons. The van der Waals surface area contributed by atoms with Gasteiger partial charge in [-0.2, -0.15) is 18.3 Å². The Kier molecular flexibility index (Phi) is 8.84. The number of halogens is 3. The molecule has 3 rings (SSSR count). The zero-order valence-corrected chi connectivity index (χ0v) is 19.1. The summed E-state index contributed by atoms with van der Waals surface area (Å²) < 4.78 is 49.1. The van der Waals surface area contributed by atoms with Crippen molar-refractivity contribution in [1.82, 2.24) is 9.99 Å². The minimum Gasteiger partial charge on any atom is -0.487 e. The van der Waals surface area contributed by atoms with E-state index in [1.807, 2.05) is 36.3 Å². The number of hydrogen-bond donors (Lipinski definition) is 0. The molecule has 34 heavy (non-hydrogen) atoms. The molecule has 0 radical (unpaired) electrons. The number of rotatable bonds is 11. The molecule has 0 saturated carbocycles. The van der Waals surface area contributed by atoms with Crippen LogP contribution >= 0.6 is 0 Å². The second-order valence-corrected chi connectivity index (χ2v) is 7.69. The maximum Gasteiger partial charge on any atom is 0.416 e. The standard InChI is InChI=1S/C25H27F3N4O2/c1-29-31-32(2)16-4-3-5-19-8-13-23(14-9-19)33-17-22-18-34-24(30-22)15-10-20-6-11-21(12-7-20)25(26,27)28/h6-15,18H,3-5,16-17H2,1-2H3/b15-10+,31-29?. The summed E-state index contributed by atoms with van der Waals surface area (Å²) in [7, 11) is 3.57. The molecular formula is C25H27F3N4O2. The fourth-order valence-electron chi connectivity index (χ4n) is 3.19. The van der Waals surface area contributed by atoms with Gasteiger partial charge in [-0.15, -0.1) is 0 Å². The third-order valence-electron chi connectivity index (χ3n) is 4.98. The molecule has 0 bridgehead atoms. The van der Waals surface area contributed by atoms with E-state index in [0.29, 0.717) is 17.1 Å². The number of nitrogens with zero attached hydrogens (tertiary/aromatic N) is 4. The molecule has 9 heteroatoms. The third kappa shape index (κ3) is 8.06. The second kappa shape index (κ2) is 12.0. The van der Waals surface area contributed by atoms with Crippen molar-refractivity contribution in [3.05, 3.63) is 83.1 Å². The van der Waals surface area contributed by atoms with Crippen molar-refractivity contribution in [1.29, 1.82) is 0 Å². The monoisotopic (exact) mass is 472 g/mol. The number of hydrogen-bond acceptors (Lipinski definition) is 5. The van der Waals surface area contributed by atoms with Gasteiger partial charge in [0.05, 0.1) is 12.6 Å². The van der Waals surface area contributed by atoms with Crippen molar-refractivity contribution >= 4 is 12.2 Å². The van der Waals surface area contributed by atoms with E-state index < -0.39 is 11.7 Å². The molecule has 0 N–H and O–H groups in total. The minimum absolute atomic E-state index is 0.245. The Balaban J connectivity index is 1.43. The predicted molar refractivity (Wildman–Crippen MR) is 124 cm³/mol. The van der Waals surface area contributed by atoms with Gasteiger partial charge >= 0.3 is 6.18 Å². The van der Waals surface area contributed by atoms with E-state index >= 15 is 0 Å². The molecule has 0 unspecified atom stereocenters. The first-order chi connectivity index (χ1) is 16.3. The van der Waals surface area contributed by atoms with E-state index in [2.05, 4.69) is 15.3 Å². The summed E-state index contributed by atoms with van der Waals surface area (Å²) in [6.45, 7) is 1.12. The zero-order valence-electron chi connectivity index (χ0n) is 19.1. The second-order valence-electron chi connectivity index (χ2n) is 7.69. The highest BCUT2D eigenvalue weighted by Gasteiger charge is 2.29. The highest BCUT2D eigenvalue weighted by atomic mass is 19.4. The zero-order chi connectivity index (χ0) is 24.4. The SMILES string of the molecule is CN=NN(C)CCCCc1ccc(OCc2coc(/C=C/c3ccc(C(F)(F)F)cc3)n2)cc1. The number of aromatic nitrogens is 1. The van der Waals surface area contributed by atoms with Crippen LogP contribution in [0.5, 0.6) is 5.75 Å². The number of benzene rings is 2. The average molecular weight is 473 g/mol. The third-order valence-corrected chi connectivity index (χ3v) is 4.98. The maximum atomic E-state index is 12.6. The van der Waals surface area contributed by atoms with Gasteiger partial charge in [0.1, 0.15) is 24.3 Å². The van der Waals surface area contributed by atoms with Crippen molar-refractivity contribution in [3.8, 4) is 5.75 Å². The maximum absolute atomic E-state index is 12.6. The van der Waals surface area contributed by atoms with Gasteiger partial charge in [0.2, 0.25) is 5.89 Å². The summed E-state index contributed by atoms with van der Waals surface area (Å²) in [6.07, 6.45) is 3.47. The van der Waals surface area contributed by atoms with Crippen molar-refractivity contribution in [2.75, 3.05) is 20.6 Å². The van der Waals surface area contributed by atoms with E-state index in [-0.39, 0.29) is 6.61 Å². The van der Waals surface area contributed by atoms with E-state index in [9.17, 15) is 13.2 Å². The normalized spacial score (nSPS) is 12.0. The smallest absolute Gasteiger partial charge is 0.416 e. The molecule has 0 amide bonds. The summed E-state index contributed by atoms with van der Waals surface area (Å²) >= 11 is 0. The van der Waals surface area contributed by atoms with Crippen LogP contribution in [0.1, 0.15) is 41.1 Å². The molecule has 0 atom stereocenters. The lowest BCUT2D eigenvalue weighted by Gasteiger charge is -2.10. The van der Waals surface area contributed by atoms with Gasteiger partial charge in [-0.05, 0) is 60.7 Å². The predicted octanol–water partition coefficient (Wildman–Crippen LogP) is 6.69. The summed E-state index contributed by atoms with van der Waals surface area (Å²) in [6, 6.07) is 12.8. The molecule has 0 aliphatic rings. The van der Waals surface area contributed by atoms with Crippen LogP contribution in [0.4, 0.5) is 13.2 Å². The quantitative estimate of drug-likeness (QED) is 0.177. The molecular weight excluding hydrogens is 445 g/mol. The van der Waals surface area contributed by atoms with Crippen LogP contribution in [0.25, 0.3) is 12.2 Å². The van der Waals surface area contributed by atoms with Crippen LogP contribution in [0.15, 0.2) is 69.5 Å². The molecule has 3 aromatic rings. The number of alkyl halides is 3. The lowest BCUT2D eigenvalue weighted by atomic mass is 10.1. The molecule has 1 heterocycles. The van der Waals surface area contributed by atoms with Crippen molar-refractivity contribution in [2.24, 2.45) is 10.3 Å². The van der Waals surface area contributed by atoms with Crippen LogP contribution in [0.2, 0.25) is 0 Å². The molecule has 0 saturated heterocycles. The van der Waals surface area contributed by atoms with Crippen LogP contribution < -0.4 is 4.74 Å². The van der Waals surface area contributed by atoms with E-state index in [1.165, 1.54) is 24.0 Å². The van der Waals surface area contributed by atoms with Gasteiger partial charge in [0, 0.05) is 19.7 Å². The fraction of sp³-hybridized carbons (Fsp3) is 0.320. The van der Waals surface area contributed by atoms with Crippen LogP contribution in [0, 0.1) is 0 Å². The van der Waals surface area contributed by atoms with E-state index in [0.717, 1.165) is 43.7 Å². The highest BCUT2D eigenvalue weighted by molar-refractivity contribution is 5.66. The molecule has 0 fully saturated rings. The first-order valence-electron chi connectivity index (χ1n) is 10.9. The van der Waals surface area contributed by atoms with Crippen LogP contribution in [-0.2, 0) is 19.2 Å². The molecule has 1 aromatic heterocycles. The molecule has 6 nitrogen and oxygen atoms in total. The summed E-state index contributed by atoms with van der Waals surface area (Å²) in [5.41, 5.74) is 1.78. The molecule has 0 spiro atoms. The van der Waals surface area contributed by atoms with E-state index in [1.54, 1.807) is 19.2 Å². The van der Waals surface area contributed by atoms with Gasteiger partial charge in [0.25, 0.3) is 0 Å². The number of unbranched alkanes of at least 4 members (excludes halogenated alkanes) is 1. The highest BCUT2D eigenvalue weighted by Crippen LogP contribution is 2.29. The largest absolute Gasteiger partial charge is 0.487 e. The Bertz CT molecular complexity index is 1070. The van der Waals surface area contributed by atoms with Crippen LogP contribution in [-0.4, -0.2) is 30.6 Å². The van der Waals surface area contributed by atoms with Gasteiger partial charge < -0.3 is 9.15 Å². The molecule has 0 aliphatic carbocycles. The lowest BCUT2D eigenvalue weighted by Crippen LogP contribution is -2.11. The number of aryl methyl sites for hydroxylation is 1. The Hall–Kier alpha value is -3.62. The summed E-state index contributed by atoms with van der Waals surface area (Å²) in [4.78, 5) is 4.32. The summed E-state index contributed by atoms with van der Waals surface area (Å²) in [5.74, 6) is 1.08. The Morgan fingerprint density at radius 3 is 2.44 bits per heavy atom. The first kappa shape index (κ1) is 25.0. The summed E-state index contributed by atoms with van der Waals surface area (Å²) in [5, 5.41) is 9.53. The lowest BCUT2D eigenvalue weighted by molar-refractivity contribution is -0.137. The fourth-order valence-corrected chi connectivity index (χ4v) is 3.19. The molecule has 2 aromatic carbocycles. The van der Waals surface area contributed by atoms with Gasteiger partial charge in [-0.3, -0.25) is 5.01 Å². The average Bonchev–Trinajstić information content (AvgIpc) is 3.28. The Labute approximate surface area is 196 Å². The van der Waals surface area contributed by atoms with Crippen molar-refractivity contribution < 1.29 is 22.3 Å². The number of ether oxygens (including phenoxy) is 1. The molecule has 0 aliphatic heterocycles. The van der Waals surface area contributed by atoms with E-state index in [4.69, 9.17) is 9.15 Å². The van der Waals surface area contributed by atoms with Crippen molar-refractivity contribution in [3.63, 3.8) is 0 Å². The van der Waals surface area contributed by atoms with Crippen molar-refractivity contribution in [2.45, 2.75) is 32.0 Å². The van der Waals surface area contributed by atoms with Gasteiger partial charge in [-0.25, -0.2) is 4.98 Å². The Morgan fingerprint density at radius 1 is 1.03 bits per heavy atom. The Morgan fingerprint density at radius 2 is 1.76 bits per heavy atom. The minimum atomic E-state index is -4.35. The first-order valence-corrected chi connectivity index (χ1v) is 10.9. The van der Waals surface area contributed by atoms with Gasteiger partial charge in [-0.1, -0.05) is 29.5 Å². The van der Waals surface area contributed by atoms with Gasteiger partial charge in [0.15, 0.2) is 0 Å². The number of oxazole rings is 1. The van der Waals surface area contributed by atoms with Crippen LogP contribution in [0.3, 0.4) is 0 Å². The topological polar surface area (TPSA) is 63.2 Å².